The van der Waals surface area contributed by atoms with Gasteiger partial charge in [-0.3, -0.25) is 0 Å². The molecule has 0 aliphatic carbocycles. The molecule has 0 saturated carbocycles. The lowest BCUT2D eigenvalue weighted by Crippen LogP contribution is -2.30. The Bertz CT molecular complexity index is 445. The Kier molecular flexibility index (Phi) is 2.73. The fourth-order valence-corrected chi connectivity index (χ4v) is 1.57. The van der Waals surface area contributed by atoms with Crippen LogP contribution in [0.3, 0.4) is 0 Å². The van der Waals surface area contributed by atoms with Crippen molar-refractivity contribution in [2.45, 2.75) is 24.7 Å². The summed E-state index contributed by atoms with van der Waals surface area (Å²) in [5.74, 6) is 0. The van der Waals surface area contributed by atoms with Gasteiger partial charge in [-0.05, 0) is 12.0 Å². The molecular formula is C11H9F3N2O. The molecule has 0 atom stereocenters. The number of alkyl halides is 3. The summed E-state index contributed by atoms with van der Waals surface area (Å²) < 4.78 is 38.0. The highest BCUT2D eigenvalue weighted by Gasteiger charge is 2.65. The van der Waals surface area contributed by atoms with Crippen LogP contribution >= 0.6 is 0 Å². The minimum atomic E-state index is -4.49. The van der Waals surface area contributed by atoms with Crippen molar-refractivity contribution in [2.24, 2.45) is 10.2 Å². The first kappa shape index (κ1) is 11.8. The van der Waals surface area contributed by atoms with Gasteiger partial charge in [0.2, 0.25) is 0 Å². The molecule has 0 aromatic heterocycles. The molecule has 1 heterocycles. The van der Waals surface area contributed by atoms with Gasteiger partial charge in [0.1, 0.15) is 6.29 Å². The van der Waals surface area contributed by atoms with Crippen molar-refractivity contribution < 1.29 is 18.0 Å². The topological polar surface area (TPSA) is 41.8 Å². The fraction of sp³-hybridized carbons (Fsp3) is 0.364. The highest BCUT2D eigenvalue weighted by atomic mass is 19.4. The van der Waals surface area contributed by atoms with Gasteiger partial charge < -0.3 is 4.79 Å². The van der Waals surface area contributed by atoms with E-state index in [4.69, 9.17) is 0 Å². The van der Waals surface area contributed by atoms with Crippen LogP contribution in [0, 0.1) is 0 Å². The van der Waals surface area contributed by atoms with Crippen LogP contribution < -0.4 is 0 Å². The van der Waals surface area contributed by atoms with Gasteiger partial charge >= 0.3 is 11.8 Å². The van der Waals surface area contributed by atoms with Gasteiger partial charge in [-0.15, -0.1) is 10.2 Å². The van der Waals surface area contributed by atoms with E-state index in [-0.39, 0.29) is 5.56 Å². The minimum absolute atomic E-state index is 0.0138. The third-order valence-corrected chi connectivity index (χ3v) is 2.60. The largest absolute Gasteiger partial charge is 0.442 e. The average molecular weight is 242 g/mol. The summed E-state index contributed by atoms with van der Waals surface area (Å²) in [7, 11) is 0. The van der Waals surface area contributed by atoms with Gasteiger partial charge in [0, 0.05) is 12.0 Å². The lowest BCUT2D eigenvalue weighted by Gasteiger charge is -2.14. The van der Waals surface area contributed by atoms with Gasteiger partial charge in [-0.25, -0.2) is 0 Å². The van der Waals surface area contributed by atoms with E-state index in [0.717, 1.165) is 11.8 Å². The maximum atomic E-state index is 12.7. The first-order valence-corrected chi connectivity index (χ1v) is 5.03. The Morgan fingerprint density at radius 3 is 2.18 bits per heavy atom. The summed E-state index contributed by atoms with van der Waals surface area (Å²) in [6.45, 7) is 0. The number of halogens is 3. The summed E-state index contributed by atoms with van der Waals surface area (Å²) >= 11 is 0. The number of aldehydes is 1. The Morgan fingerprint density at radius 2 is 1.76 bits per heavy atom. The third-order valence-electron chi connectivity index (χ3n) is 2.60. The van der Waals surface area contributed by atoms with E-state index in [1.54, 1.807) is 12.1 Å². The average Bonchev–Trinajstić information content (AvgIpc) is 3.07. The maximum absolute atomic E-state index is 12.7. The number of rotatable bonds is 4. The molecule has 0 saturated heterocycles. The predicted molar refractivity (Wildman–Crippen MR) is 53.4 cm³/mol. The fourth-order valence-electron chi connectivity index (χ4n) is 1.57. The van der Waals surface area contributed by atoms with Crippen molar-refractivity contribution in [2.75, 3.05) is 0 Å². The molecule has 1 aliphatic rings. The number of aryl methyl sites for hydroxylation is 1. The second-order valence-electron chi connectivity index (χ2n) is 3.77. The number of carbonyl (C=O) groups excluding carboxylic acids is 1. The summed E-state index contributed by atoms with van der Waals surface area (Å²) in [6, 6.07) is 5.84. The molecule has 17 heavy (non-hydrogen) atoms. The molecule has 0 radical (unpaired) electrons. The number of nitrogens with zero attached hydrogens (tertiary/aromatic N) is 2. The Labute approximate surface area is 95.4 Å². The lowest BCUT2D eigenvalue weighted by atomic mass is 10.00. The summed E-state index contributed by atoms with van der Waals surface area (Å²) in [5.41, 5.74) is -1.52. The number of carbonyl (C=O) groups is 1. The van der Waals surface area contributed by atoms with Crippen LogP contribution in [0.5, 0.6) is 0 Å². The number of hydrogen-bond acceptors (Lipinski definition) is 3. The van der Waals surface area contributed by atoms with E-state index in [1.807, 2.05) is 0 Å². The number of hydrogen-bond donors (Lipinski definition) is 0. The molecule has 6 heteroatoms. The molecule has 0 unspecified atom stereocenters. The zero-order valence-corrected chi connectivity index (χ0v) is 8.74. The van der Waals surface area contributed by atoms with Crippen molar-refractivity contribution in [1.82, 2.24) is 0 Å². The Morgan fingerprint density at radius 1 is 1.18 bits per heavy atom. The quantitative estimate of drug-likeness (QED) is 0.748. The summed E-state index contributed by atoms with van der Waals surface area (Å²) in [6.07, 6.45) is -2.83. The molecule has 0 fully saturated rings. The molecule has 1 aliphatic heterocycles. The van der Waals surface area contributed by atoms with Gasteiger partial charge in [0.05, 0.1) is 0 Å². The van der Waals surface area contributed by atoms with E-state index >= 15 is 0 Å². The summed E-state index contributed by atoms with van der Waals surface area (Å²) in [4.78, 5) is 10.2. The van der Waals surface area contributed by atoms with E-state index < -0.39 is 11.8 Å². The van der Waals surface area contributed by atoms with Crippen LogP contribution in [0.25, 0.3) is 0 Å². The maximum Gasteiger partial charge on any atom is 0.442 e. The van der Waals surface area contributed by atoms with E-state index in [2.05, 4.69) is 10.2 Å². The Hall–Kier alpha value is -1.72. The molecule has 0 bridgehead atoms. The van der Waals surface area contributed by atoms with E-state index in [1.165, 1.54) is 12.1 Å². The van der Waals surface area contributed by atoms with E-state index in [0.29, 0.717) is 12.8 Å². The van der Waals surface area contributed by atoms with Crippen molar-refractivity contribution in [3.63, 3.8) is 0 Å². The molecule has 1 aromatic carbocycles. The van der Waals surface area contributed by atoms with Crippen LogP contribution in [-0.4, -0.2) is 12.5 Å². The molecule has 3 nitrogen and oxygen atoms in total. The molecule has 0 spiro atoms. The standard InChI is InChI=1S/C11H9F3N2O/c12-11(13,14)10(15-16-10)9-5-3-8(4-6-9)2-1-7-17/h3-7H,1-2H2. The van der Waals surface area contributed by atoms with Crippen molar-refractivity contribution in [3.05, 3.63) is 35.4 Å². The van der Waals surface area contributed by atoms with Crippen LogP contribution in [0.4, 0.5) is 13.2 Å². The van der Waals surface area contributed by atoms with Crippen molar-refractivity contribution in [1.29, 1.82) is 0 Å². The monoisotopic (exact) mass is 242 g/mol. The minimum Gasteiger partial charge on any atom is -0.303 e. The molecule has 2 rings (SSSR count). The van der Waals surface area contributed by atoms with Gasteiger partial charge in [-0.2, -0.15) is 13.2 Å². The van der Waals surface area contributed by atoms with Crippen LogP contribution in [0.2, 0.25) is 0 Å². The van der Waals surface area contributed by atoms with Crippen molar-refractivity contribution >= 4 is 6.29 Å². The van der Waals surface area contributed by atoms with Crippen LogP contribution in [0.15, 0.2) is 34.5 Å². The normalized spacial score (nSPS) is 16.9. The summed E-state index contributed by atoms with van der Waals surface area (Å²) in [5, 5.41) is 6.22. The zero-order chi connectivity index (χ0) is 12.5. The third kappa shape index (κ3) is 2.07. The molecular weight excluding hydrogens is 233 g/mol. The highest BCUT2D eigenvalue weighted by Crippen LogP contribution is 2.52. The first-order valence-electron chi connectivity index (χ1n) is 5.03. The predicted octanol–water partition coefficient (Wildman–Crippen LogP) is 3.00. The van der Waals surface area contributed by atoms with Crippen LogP contribution in [-0.2, 0) is 16.9 Å². The lowest BCUT2D eigenvalue weighted by molar-refractivity contribution is -0.166. The molecule has 90 valence electrons. The SMILES string of the molecule is O=CCCc1ccc(C2(C(F)(F)F)N=N2)cc1. The first-order chi connectivity index (χ1) is 7.99. The second kappa shape index (κ2) is 3.94. The zero-order valence-electron chi connectivity index (χ0n) is 8.74. The van der Waals surface area contributed by atoms with Gasteiger partial charge in [0.25, 0.3) is 0 Å². The Balaban J connectivity index is 2.16. The van der Waals surface area contributed by atoms with E-state index in [9.17, 15) is 18.0 Å². The molecule has 0 amide bonds. The van der Waals surface area contributed by atoms with Gasteiger partial charge in [-0.1, -0.05) is 24.3 Å². The van der Waals surface area contributed by atoms with Crippen LogP contribution in [0.1, 0.15) is 17.5 Å². The second-order valence-corrected chi connectivity index (χ2v) is 3.77. The van der Waals surface area contributed by atoms with Crippen molar-refractivity contribution in [3.8, 4) is 0 Å². The molecule has 1 aromatic rings. The highest BCUT2D eigenvalue weighted by molar-refractivity contribution is 5.50. The smallest absolute Gasteiger partial charge is 0.303 e. The molecule has 0 N–H and O–H groups in total. The number of benzene rings is 1. The van der Waals surface area contributed by atoms with Gasteiger partial charge in [0.15, 0.2) is 0 Å².